The van der Waals surface area contributed by atoms with Crippen LogP contribution in [-0.4, -0.2) is 53.0 Å². The zero-order valence-electron chi connectivity index (χ0n) is 20.3. The molecule has 0 radical (unpaired) electrons. The minimum absolute atomic E-state index is 0.0370. The first-order chi connectivity index (χ1) is 16.6. The van der Waals surface area contributed by atoms with Crippen molar-refractivity contribution in [1.29, 1.82) is 0 Å². The third kappa shape index (κ3) is 5.65. The van der Waals surface area contributed by atoms with Gasteiger partial charge in [-0.1, -0.05) is 42.5 Å². The predicted molar refractivity (Wildman–Crippen MR) is 129 cm³/mol. The molecule has 1 heterocycles. The van der Waals surface area contributed by atoms with Crippen LogP contribution in [0.3, 0.4) is 0 Å². The van der Waals surface area contributed by atoms with E-state index in [1.54, 1.807) is 33.9 Å². The van der Waals surface area contributed by atoms with Crippen molar-refractivity contribution >= 4 is 23.7 Å². The second-order valence-electron chi connectivity index (χ2n) is 8.30. The van der Waals surface area contributed by atoms with Crippen LogP contribution in [0.4, 0.5) is 10.5 Å². The highest BCUT2D eigenvalue weighted by atomic mass is 16.6. The standard InChI is InChI=1S/C25H28N4O6/c1-16(2)35-23(30)21-17(3)26-24(34-5)28(22(21)19-12-9-13-20(14-19)29(32)33)25(31)27(4)15-18-10-7-6-8-11-18/h6-14,16,22H,15H2,1-5H3. The van der Waals surface area contributed by atoms with E-state index in [0.29, 0.717) is 11.3 Å². The number of methoxy groups -OCH3 is 1. The Balaban J connectivity index is 2.14. The van der Waals surface area contributed by atoms with E-state index in [1.807, 2.05) is 30.3 Å². The molecule has 1 aliphatic heterocycles. The van der Waals surface area contributed by atoms with Gasteiger partial charge in [0.25, 0.3) is 5.69 Å². The van der Waals surface area contributed by atoms with Crippen LogP contribution in [0.15, 0.2) is 70.9 Å². The van der Waals surface area contributed by atoms with Gasteiger partial charge in [-0.15, -0.1) is 0 Å². The molecule has 0 N–H and O–H groups in total. The molecule has 0 saturated heterocycles. The monoisotopic (exact) mass is 480 g/mol. The van der Waals surface area contributed by atoms with Gasteiger partial charge in [-0.2, -0.15) is 0 Å². The molecule has 3 rings (SSSR count). The molecule has 0 fully saturated rings. The molecule has 0 bridgehead atoms. The summed E-state index contributed by atoms with van der Waals surface area (Å²) in [5.41, 5.74) is 1.46. The number of allylic oxidation sites excluding steroid dienone is 1. The number of carbonyl (C=O) groups excluding carboxylic acids is 2. The molecule has 10 nitrogen and oxygen atoms in total. The molecule has 0 spiro atoms. The van der Waals surface area contributed by atoms with Gasteiger partial charge in [-0.25, -0.2) is 19.5 Å². The Morgan fingerprint density at radius 2 is 1.86 bits per heavy atom. The third-order valence-corrected chi connectivity index (χ3v) is 5.33. The van der Waals surface area contributed by atoms with E-state index in [0.717, 1.165) is 5.56 Å². The normalized spacial score (nSPS) is 15.5. The SMILES string of the molecule is COC1=NC(C)=C(C(=O)OC(C)C)C(c2cccc([N+](=O)[O-])c2)N1C(=O)N(C)Cc1ccccc1. The van der Waals surface area contributed by atoms with Gasteiger partial charge in [0.2, 0.25) is 0 Å². The number of nitrogens with zero attached hydrogens (tertiary/aromatic N) is 4. The van der Waals surface area contributed by atoms with Crippen molar-refractivity contribution < 1.29 is 24.0 Å². The maximum absolute atomic E-state index is 13.8. The molecule has 35 heavy (non-hydrogen) atoms. The lowest BCUT2D eigenvalue weighted by molar-refractivity contribution is -0.384. The summed E-state index contributed by atoms with van der Waals surface area (Å²) in [6.45, 7) is 5.30. The fourth-order valence-electron chi connectivity index (χ4n) is 3.80. The molecule has 0 aromatic heterocycles. The lowest BCUT2D eigenvalue weighted by Gasteiger charge is -2.37. The first kappa shape index (κ1) is 25.4. The van der Waals surface area contributed by atoms with Crippen molar-refractivity contribution in [3.05, 3.63) is 87.1 Å². The molecular formula is C25H28N4O6. The largest absolute Gasteiger partial charge is 0.468 e. The zero-order valence-corrected chi connectivity index (χ0v) is 20.3. The van der Waals surface area contributed by atoms with Crippen molar-refractivity contribution in [2.45, 2.75) is 39.5 Å². The number of ether oxygens (including phenoxy) is 2. The highest BCUT2D eigenvalue weighted by Gasteiger charge is 2.42. The lowest BCUT2D eigenvalue weighted by Crippen LogP contribution is -2.50. The number of amides is 2. The Bertz CT molecular complexity index is 1180. The second-order valence-corrected chi connectivity index (χ2v) is 8.30. The molecule has 2 aromatic carbocycles. The van der Waals surface area contributed by atoms with Gasteiger partial charge in [0.05, 0.1) is 29.4 Å². The van der Waals surface area contributed by atoms with Gasteiger partial charge in [-0.05, 0) is 31.9 Å². The maximum atomic E-state index is 13.8. The van der Waals surface area contributed by atoms with Crippen LogP contribution >= 0.6 is 0 Å². The van der Waals surface area contributed by atoms with Gasteiger partial charge in [0.15, 0.2) is 0 Å². The van der Waals surface area contributed by atoms with Crippen molar-refractivity contribution in [3.63, 3.8) is 0 Å². The third-order valence-electron chi connectivity index (χ3n) is 5.33. The highest BCUT2D eigenvalue weighted by Crippen LogP contribution is 2.38. The fraction of sp³-hybridized carbons (Fsp3) is 0.320. The molecule has 1 unspecified atom stereocenters. The Morgan fingerprint density at radius 1 is 1.17 bits per heavy atom. The number of aliphatic imine (C=N–C) groups is 1. The molecule has 0 saturated carbocycles. The maximum Gasteiger partial charge on any atom is 0.338 e. The van der Waals surface area contributed by atoms with Crippen LogP contribution < -0.4 is 0 Å². The Kier molecular flexibility index (Phi) is 7.85. The van der Waals surface area contributed by atoms with E-state index in [1.165, 1.54) is 35.1 Å². The Hall–Kier alpha value is -4.21. The highest BCUT2D eigenvalue weighted by molar-refractivity contribution is 6.00. The molecule has 0 aliphatic carbocycles. The Morgan fingerprint density at radius 3 is 2.46 bits per heavy atom. The van der Waals surface area contributed by atoms with Gasteiger partial charge < -0.3 is 14.4 Å². The molecule has 1 aliphatic rings. The molecule has 1 atom stereocenters. The lowest BCUT2D eigenvalue weighted by atomic mass is 9.94. The average Bonchev–Trinajstić information content (AvgIpc) is 2.82. The molecule has 2 amide bonds. The molecule has 10 heteroatoms. The fourth-order valence-corrected chi connectivity index (χ4v) is 3.80. The molecular weight excluding hydrogens is 452 g/mol. The van der Waals surface area contributed by atoms with Gasteiger partial charge in [0.1, 0.15) is 6.04 Å². The first-order valence-corrected chi connectivity index (χ1v) is 11.0. The van der Waals surface area contributed by atoms with E-state index < -0.39 is 29.1 Å². The summed E-state index contributed by atoms with van der Waals surface area (Å²) in [6.07, 6.45) is -0.425. The van der Waals surface area contributed by atoms with Crippen molar-refractivity contribution in [2.24, 2.45) is 4.99 Å². The van der Waals surface area contributed by atoms with Crippen LogP contribution in [0.2, 0.25) is 0 Å². The van der Waals surface area contributed by atoms with E-state index >= 15 is 0 Å². The number of urea groups is 1. The summed E-state index contributed by atoms with van der Waals surface area (Å²) in [4.78, 5) is 44.9. The Labute approximate surface area is 203 Å². The van der Waals surface area contributed by atoms with Crippen molar-refractivity contribution in [3.8, 4) is 0 Å². The van der Waals surface area contributed by atoms with Crippen molar-refractivity contribution in [2.75, 3.05) is 14.2 Å². The van der Waals surface area contributed by atoms with Crippen LogP contribution in [0.5, 0.6) is 0 Å². The zero-order chi connectivity index (χ0) is 25.7. The summed E-state index contributed by atoms with van der Waals surface area (Å²) in [5.74, 6) is -0.670. The molecule has 184 valence electrons. The minimum atomic E-state index is -1.06. The summed E-state index contributed by atoms with van der Waals surface area (Å²) in [5, 5.41) is 11.5. The van der Waals surface area contributed by atoms with Gasteiger partial charge in [0, 0.05) is 25.7 Å². The number of benzene rings is 2. The van der Waals surface area contributed by atoms with Gasteiger partial charge >= 0.3 is 18.0 Å². The summed E-state index contributed by atoms with van der Waals surface area (Å²) in [7, 11) is 2.98. The van der Waals surface area contributed by atoms with E-state index in [9.17, 15) is 19.7 Å². The number of esters is 1. The second kappa shape index (κ2) is 10.8. The van der Waals surface area contributed by atoms with E-state index in [2.05, 4.69) is 4.99 Å². The van der Waals surface area contributed by atoms with Gasteiger partial charge in [-0.3, -0.25) is 10.1 Å². The summed E-state index contributed by atoms with van der Waals surface area (Å²) < 4.78 is 10.9. The number of nitro groups is 1. The summed E-state index contributed by atoms with van der Waals surface area (Å²) >= 11 is 0. The van der Waals surface area contributed by atoms with Crippen molar-refractivity contribution in [1.82, 2.24) is 9.80 Å². The smallest absolute Gasteiger partial charge is 0.338 e. The topological polar surface area (TPSA) is 115 Å². The molecule has 2 aromatic rings. The summed E-state index contributed by atoms with van der Waals surface area (Å²) in [6, 6.07) is 13.6. The number of nitro benzene ring substituents is 1. The average molecular weight is 481 g/mol. The quantitative estimate of drug-likeness (QED) is 0.343. The minimum Gasteiger partial charge on any atom is -0.468 e. The number of amidine groups is 1. The van der Waals surface area contributed by atoms with Crippen LogP contribution in [0, 0.1) is 10.1 Å². The van der Waals surface area contributed by atoms with E-state index in [-0.39, 0.29) is 23.8 Å². The number of hydrogen-bond acceptors (Lipinski definition) is 7. The number of carbonyl (C=O) groups is 2. The van der Waals surface area contributed by atoms with E-state index in [4.69, 9.17) is 9.47 Å². The number of non-ortho nitro benzene ring substituents is 1. The number of hydrogen-bond donors (Lipinski definition) is 0. The van der Waals surface area contributed by atoms with Crippen LogP contribution in [0.1, 0.15) is 37.9 Å². The van der Waals surface area contributed by atoms with Crippen LogP contribution in [0.25, 0.3) is 0 Å². The first-order valence-electron chi connectivity index (χ1n) is 11.0. The predicted octanol–water partition coefficient (Wildman–Crippen LogP) is 4.43. The van der Waals surface area contributed by atoms with Crippen LogP contribution in [-0.2, 0) is 20.8 Å². The number of rotatable bonds is 6.